The molecule has 0 spiro atoms. The average molecular weight is 591 g/mol. The van der Waals surface area contributed by atoms with Crippen molar-refractivity contribution in [3.8, 4) is 0 Å². The van der Waals surface area contributed by atoms with E-state index in [0.717, 1.165) is 34.6 Å². The summed E-state index contributed by atoms with van der Waals surface area (Å²) < 4.78 is 0.773. The molecule has 0 unspecified atom stereocenters. The Morgan fingerprint density at radius 1 is 1.32 bits per heavy atom. The zero-order valence-corrected chi connectivity index (χ0v) is 22.8. The van der Waals surface area contributed by atoms with Gasteiger partial charge in [-0.2, -0.15) is 0 Å². The SMILES string of the molecule is CN1CCc2nc(C(=O)N[C@@H](CNC(=S)C(=O)Nc3ccc(Br)cn3)C(=O)N(C)C)sc2C1.Cl. The summed E-state index contributed by atoms with van der Waals surface area (Å²) in [5.41, 5.74) is 0.927. The van der Waals surface area contributed by atoms with Crippen LogP contribution in [0.5, 0.6) is 0 Å². The third-order valence-corrected chi connectivity index (χ3v) is 6.68. The van der Waals surface area contributed by atoms with E-state index < -0.39 is 17.9 Å². The monoisotopic (exact) mass is 589 g/mol. The summed E-state index contributed by atoms with van der Waals surface area (Å²) in [6.45, 7) is 1.58. The lowest BCUT2D eigenvalue weighted by atomic mass is 10.2. The second-order valence-corrected chi connectivity index (χ2v) is 10.1. The standard InChI is InChI=1S/C20H24BrN7O3S2.ClH/c1-27(2)20(31)13(9-23-18(32)16(29)26-15-5-4-11(21)8-22-15)24-17(30)19-25-12-6-7-28(3)10-14(12)33-19;/h4-5,8,13H,6-7,9-10H2,1-3H3,(H,23,32)(H,24,30)(H,22,26,29);1H/t13-;/m0./s1. The van der Waals surface area contributed by atoms with Gasteiger partial charge in [0.25, 0.3) is 11.8 Å². The first-order valence-corrected chi connectivity index (χ1v) is 12.1. The summed E-state index contributed by atoms with van der Waals surface area (Å²) in [5, 5.41) is 8.36. The zero-order valence-electron chi connectivity index (χ0n) is 18.8. The lowest BCUT2D eigenvalue weighted by Crippen LogP contribution is -2.53. The molecule has 2 aromatic heterocycles. The molecular formula is C20H25BrClN7O3S2. The minimum absolute atomic E-state index is 0. The van der Waals surface area contributed by atoms with Crippen molar-refractivity contribution in [3.63, 3.8) is 0 Å². The summed E-state index contributed by atoms with van der Waals surface area (Å²) in [7, 11) is 5.19. The molecule has 1 aliphatic rings. The predicted molar refractivity (Wildman–Crippen MR) is 141 cm³/mol. The highest BCUT2D eigenvalue weighted by Crippen LogP contribution is 2.24. The Morgan fingerprint density at radius 2 is 2.06 bits per heavy atom. The summed E-state index contributed by atoms with van der Waals surface area (Å²) in [4.78, 5) is 50.8. The van der Waals surface area contributed by atoms with Crippen LogP contribution in [-0.4, -0.2) is 82.8 Å². The number of amides is 3. The first-order valence-electron chi connectivity index (χ1n) is 10.0. The van der Waals surface area contributed by atoms with Crippen LogP contribution in [0, 0.1) is 0 Å². The minimum atomic E-state index is -0.937. The normalized spacial score (nSPS) is 13.6. The number of carbonyl (C=O) groups is 3. The number of likely N-dealkylation sites (N-methyl/N-ethyl adjacent to an activating group) is 2. The van der Waals surface area contributed by atoms with Crippen LogP contribution in [0.3, 0.4) is 0 Å². The number of hydrogen-bond acceptors (Lipinski definition) is 8. The molecule has 1 atom stereocenters. The van der Waals surface area contributed by atoms with Crippen LogP contribution in [0.4, 0.5) is 5.82 Å². The molecule has 0 radical (unpaired) electrons. The van der Waals surface area contributed by atoms with Crippen LogP contribution in [0.15, 0.2) is 22.8 Å². The minimum Gasteiger partial charge on any atom is -0.369 e. The number of pyridine rings is 1. The molecule has 2 aromatic rings. The largest absolute Gasteiger partial charge is 0.369 e. The van der Waals surface area contributed by atoms with Gasteiger partial charge in [-0.05, 0) is 35.1 Å². The van der Waals surface area contributed by atoms with Gasteiger partial charge in [-0.3, -0.25) is 14.4 Å². The van der Waals surface area contributed by atoms with Gasteiger partial charge in [-0.15, -0.1) is 23.7 Å². The van der Waals surface area contributed by atoms with Crippen LogP contribution < -0.4 is 16.0 Å². The van der Waals surface area contributed by atoms with E-state index in [-0.39, 0.29) is 29.8 Å². The van der Waals surface area contributed by atoms with E-state index in [4.69, 9.17) is 12.2 Å². The fourth-order valence-corrected chi connectivity index (χ4v) is 4.51. The molecule has 1 aliphatic heterocycles. The quantitative estimate of drug-likeness (QED) is 0.433. The number of aromatic nitrogens is 2. The Labute approximate surface area is 221 Å². The van der Waals surface area contributed by atoms with Gasteiger partial charge in [0.2, 0.25) is 5.91 Å². The number of nitrogens with zero attached hydrogens (tertiary/aromatic N) is 4. The fraction of sp³-hybridized carbons (Fsp3) is 0.400. The van der Waals surface area contributed by atoms with E-state index in [0.29, 0.717) is 10.8 Å². The smallest absolute Gasteiger partial charge is 0.284 e. The molecule has 0 fully saturated rings. The van der Waals surface area contributed by atoms with Crippen LogP contribution in [0.2, 0.25) is 0 Å². The van der Waals surface area contributed by atoms with E-state index in [1.165, 1.54) is 16.2 Å². The fourth-order valence-electron chi connectivity index (χ4n) is 3.05. The van der Waals surface area contributed by atoms with Crippen molar-refractivity contribution in [2.75, 3.05) is 39.5 Å². The highest BCUT2D eigenvalue weighted by molar-refractivity contribution is 9.10. The van der Waals surface area contributed by atoms with Crippen molar-refractivity contribution >= 4 is 80.4 Å². The van der Waals surface area contributed by atoms with Crippen LogP contribution in [-0.2, 0) is 22.6 Å². The van der Waals surface area contributed by atoms with Crippen molar-refractivity contribution in [1.82, 2.24) is 30.4 Å². The Hall–Kier alpha value is -2.19. The summed E-state index contributed by atoms with van der Waals surface area (Å²) in [6.07, 6.45) is 2.33. The Morgan fingerprint density at radius 3 is 2.71 bits per heavy atom. The maximum Gasteiger partial charge on any atom is 0.284 e. The Balaban J connectivity index is 0.00000408. The Kier molecular flexibility index (Phi) is 10.3. The summed E-state index contributed by atoms with van der Waals surface area (Å²) in [6, 6.07) is 2.41. The third kappa shape index (κ3) is 7.40. The number of nitrogens with one attached hydrogen (secondary N) is 3. The third-order valence-electron chi connectivity index (χ3n) is 4.80. The average Bonchev–Trinajstić information content (AvgIpc) is 3.20. The van der Waals surface area contributed by atoms with Gasteiger partial charge >= 0.3 is 0 Å². The first-order chi connectivity index (χ1) is 15.6. The topological polar surface area (TPSA) is 120 Å². The van der Waals surface area contributed by atoms with Gasteiger partial charge in [0.05, 0.1) is 5.69 Å². The number of carbonyl (C=O) groups excluding carboxylic acids is 3. The lowest BCUT2D eigenvalue weighted by molar-refractivity contribution is -0.130. The zero-order chi connectivity index (χ0) is 24.1. The van der Waals surface area contributed by atoms with Crippen molar-refractivity contribution in [3.05, 3.63) is 38.4 Å². The maximum absolute atomic E-state index is 12.8. The van der Waals surface area contributed by atoms with Gasteiger partial charge in [-0.25, -0.2) is 9.97 Å². The number of thiazole rings is 1. The molecule has 0 saturated heterocycles. The van der Waals surface area contributed by atoms with Gasteiger partial charge in [0.1, 0.15) is 11.9 Å². The molecule has 3 heterocycles. The van der Waals surface area contributed by atoms with Crippen molar-refractivity contribution in [2.24, 2.45) is 0 Å². The van der Waals surface area contributed by atoms with E-state index in [9.17, 15) is 14.4 Å². The van der Waals surface area contributed by atoms with Crippen molar-refractivity contribution in [2.45, 2.75) is 19.0 Å². The van der Waals surface area contributed by atoms with Gasteiger partial charge < -0.3 is 25.8 Å². The molecule has 10 nitrogen and oxygen atoms in total. The molecule has 0 saturated carbocycles. The van der Waals surface area contributed by atoms with Crippen molar-refractivity contribution in [1.29, 1.82) is 0 Å². The van der Waals surface area contributed by atoms with Crippen LogP contribution >= 0.6 is 51.9 Å². The molecule has 3 N–H and O–H groups in total. The highest BCUT2D eigenvalue weighted by atomic mass is 79.9. The predicted octanol–water partition coefficient (Wildman–Crippen LogP) is 1.45. The molecule has 14 heteroatoms. The van der Waals surface area contributed by atoms with Gasteiger partial charge in [0.15, 0.2) is 10.00 Å². The number of anilines is 1. The Bertz CT molecular complexity index is 1060. The number of halogens is 2. The number of rotatable bonds is 6. The van der Waals surface area contributed by atoms with E-state index >= 15 is 0 Å². The van der Waals surface area contributed by atoms with Crippen LogP contribution in [0.1, 0.15) is 20.4 Å². The second-order valence-electron chi connectivity index (χ2n) is 7.66. The van der Waals surface area contributed by atoms with E-state index in [2.05, 4.69) is 46.7 Å². The summed E-state index contributed by atoms with van der Waals surface area (Å²) >= 11 is 9.74. The lowest BCUT2D eigenvalue weighted by Gasteiger charge is -2.22. The molecule has 0 aromatic carbocycles. The molecule has 3 amide bonds. The van der Waals surface area contributed by atoms with E-state index in [1.54, 1.807) is 32.4 Å². The highest BCUT2D eigenvalue weighted by Gasteiger charge is 2.27. The van der Waals surface area contributed by atoms with E-state index in [1.807, 2.05) is 7.05 Å². The molecule has 0 bridgehead atoms. The van der Waals surface area contributed by atoms with Crippen LogP contribution in [0.25, 0.3) is 0 Å². The number of fused-ring (bicyclic) bond motifs is 1. The number of thiocarbonyl (C=S) groups is 1. The first kappa shape index (κ1) is 28.1. The molecular weight excluding hydrogens is 566 g/mol. The van der Waals surface area contributed by atoms with Gasteiger partial charge in [-0.1, -0.05) is 12.2 Å². The molecule has 3 rings (SSSR count). The molecule has 34 heavy (non-hydrogen) atoms. The summed E-state index contributed by atoms with van der Waals surface area (Å²) in [5.74, 6) is -1.01. The maximum atomic E-state index is 12.8. The molecule has 184 valence electrons. The van der Waals surface area contributed by atoms with Gasteiger partial charge in [0, 0.05) is 55.7 Å². The number of hydrogen-bond donors (Lipinski definition) is 3. The van der Waals surface area contributed by atoms with Crippen molar-refractivity contribution < 1.29 is 14.4 Å². The molecule has 0 aliphatic carbocycles. The second kappa shape index (κ2) is 12.5.